The average Bonchev–Trinajstić information content (AvgIpc) is 2.28. The molecule has 5 N–H and O–H groups in total. The van der Waals surface area contributed by atoms with Gasteiger partial charge < -0.3 is 16.2 Å². The first-order chi connectivity index (χ1) is 8.11. The maximum Gasteiger partial charge on any atom is 0.323 e. The molecule has 0 radical (unpaired) electrons. The number of carbonyl (C=O) groups excluding carboxylic acids is 2. The highest BCUT2D eigenvalue weighted by Gasteiger charge is 2.12. The van der Waals surface area contributed by atoms with Crippen molar-refractivity contribution in [2.75, 3.05) is 6.61 Å². The van der Waals surface area contributed by atoms with Gasteiger partial charge in [0.25, 0.3) is 0 Å². The molecule has 1 atom stereocenters. The second-order valence-corrected chi connectivity index (χ2v) is 3.53. The number of imide groups is 1. The van der Waals surface area contributed by atoms with Crippen molar-refractivity contribution in [1.82, 2.24) is 10.6 Å². The maximum atomic E-state index is 11.2. The van der Waals surface area contributed by atoms with E-state index in [1.165, 1.54) is 0 Å². The van der Waals surface area contributed by atoms with E-state index >= 15 is 0 Å². The lowest BCUT2D eigenvalue weighted by molar-refractivity contribution is 0.213. The van der Waals surface area contributed by atoms with Crippen molar-refractivity contribution in [3.8, 4) is 0 Å². The first kappa shape index (κ1) is 13.0. The summed E-state index contributed by atoms with van der Waals surface area (Å²) in [5.41, 5.74) is 5.77. The zero-order chi connectivity index (χ0) is 12.7. The second kappa shape index (κ2) is 6.49. The molecule has 17 heavy (non-hydrogen) atoms. The fourth-order valence-electron chi connectivity index (χ4n) is 1.39. The highest BCUT2D eigenvalue weighted by atomic mass is 16.3. The molecule has 6 heteroatoms. The molecule has 0 aliphatic carbocycles. The quantitative estimate of drug-likeness (QED) is 0.591. The molecule has 92 valence electrons. The Kier molecular flexibility index (Phi) is 4.96. The van der Waals surface area contributed by atoms with Crippen LogP contribution >= 0.6 is 0 Å². The van der Waals surface area contributed by atoms with Crippen LogP contribution in [0.1, 0.15) is 5.56 Å². The van der Waals surface area contributed by atoms with Crippen molar-refractivity contribution in [3.63, 3.8) is 0 Å². The summed E-state index contributed by atoms with van der Waals surface area (Å²) < 4.78 is 0. The Balaban J connectivity index is 2.49. The van der Waals surface area contributed by atoms with E-state index in [1.54, 1.807) is 0 Å². The number of primary amides is 1. The largest absolute Gasteiger partial charge is 0.394 e. The van der Waals surface area contributed by atoms with Gasteiger partial charge in [0.1, 0.15) is 0 Å². The summed E-state index contributed by atoms with van der Waals surface area (Å²) in [6, 6.07) is 7.28. The summed E-state index contributed by atoms with van der Waals surface area (Å²) >= 11 is 0. The Morgan fingerprint density at radius 2 is 1.94 bits per heavy atom. The Hall–Kier alpha value is -2.08. The minimum atomic E-state index is -0.932. The molecule has 0 aliphatic heterocycles. The summed E-state index contributed by atoms with van der Waals surface area (Å²) in [6.45, 7) is -0.221. The number of nitrogens with one attached hydrogen (secondary N) is 2. The normalized spacial score (nSPS) is 11.6. The number of aliphatic hydroxyl groups excluding tert-OH is 1. The highest BCUT2D eigenvalue weighted by molar-refractivity contribution is 5.92. The molecule has 0 aliphatic rings. The predicted molar refractivity (Wildman–Crippen MR) is 62.3 cm³/mol. The molecule has 6 nitrogen and oxygen atoms in total. The van der Waals surface area contributed by atoms with Crippen LogP contribution in [-0.2, 0) is 6.42 Å². The standard InChI is InChI=1S/C11H15N3O3/c12-10(16)14-11(17)13-9(7-15)6-8-4-2-1-3-5-8/h1-5,9,15H,6-7H2,(H4,12,13,14,16,17). The summed E-state index contributed by atoms with van der Waals surface area (Å²) in [4.78, 5) is 21.6. The van der Waals surface area contributed by atoms with Crippen LogP contribution in [0.4, 0.5) is 9.59 Å². The highest BCUT2D eigenvalue weighted by Crippen LogP contribution is 2.02. The van der Waals surface area contributed by atoms with Gasteiger partial charge in [0.15, 0.2) is 0 Å². The Bertz CT molecular complexity index is 381. The third-order valence-electron chi connectivity index (χ3n) is 2.12. The van der Waals surface area contributed by atoms with Crippen molar-refractivity contribution in [2.45, 2.75) is 12.5 Å². The van der Waals surface area contributed by atoms with Crippen LogP contribution in [0.3, 0.4) is 0 Å². The van der Waals surface area contributed by atoms with Crippen LogP contribution in [0.25, 0.3) is 0 Å². The summed E-state index contributed by atoms with van der Waals surface area (Å²) in [5, 5.41) is 13.4. The molecule has 1 aromatic rings. The van der Waals surface area contributed by atoms with Gasteiger partial charge in [-0.05, 0) is 12.0 Å². The first-order valence-electron chi connectivity index (χ1n) is 5.13. The molecule has 1 rings (SSSR count). The molecule has 0 saturated heterocycles. The van der Waals surface area contributed by atoms with Gasteiger partial charge in [-0.2, -0.15) is 0 Å². The minimum Gasteiger partial charge on any atom is -0.394 e. The van der Waals surface area contributed by atoms with Gasteiger partial charge in [-0.3, -0.25) is 5.32 Å². The van der Waals surface area contributed by atoms with Crippen LogP contribution in [0, 0.1) is 0 Å². The zero-order valence-corrected chi connectivity index (χ0v) is 9.22. The predicted octanol–water partition coefficient (Wildman–Crippen LogP) is -0.0321. The summed E-state index contributed by atoms with van der Waals surface area (Å²) in [6.07, 6.45) is 0.476. The molecular formula is C11H15N3O3. The van der Waals surface area contributed by atoms with Crippen molar-refractivity contribution in [2.24, 2.45) is 5.73 Å². The lowest BCUT2D eigenvalue weighted by atomic mass is 10.1. The van der Waals surface area contributed by atoms with Crippen LogP contribution in [-0.4, -0.2) is 29.8 Å². The number of amides is 4. The molecule has 0 heterocycles. The van der Waals surface area contributed by atoms with Gasteiger partial charge >= 0.3 is 12.1 Å². The molecule has 0 fully saturated rings. The Morgan fingerprint density at radius 3 is 2.47 bits per heavy atom. The Labute approximate surface area is 98.8 Å². The maximum absolute atomic E-state index is 11.2. The second-order valence-electron chi connectivity index (χ2n) is 3.53. The summed E-state index contributed by atoms with van der Waals surface area (Å²) in [7, 11) is 0. The van der Waals surface area contributed by atoms with Gasteiger partial charge in [-0.25, -0.2) is 9.59 Å². The first-order valence-corrected chi connectivity index (χ1v) is 5.13. The molecule has 0 spiro atoms. The van der Waals surface area contributed by atoms with Gasteiger partial charge in [0.05, 0.1) is 12.6 Å². The third kappa shape index (κ3) is 4.98. The fourth-order valence-corrected chi connectivity index (χ4v) is 1.39. The van der Waals surface area contributed by atoms with Gasteiger partial charge in [-0.15, -0.1) is 0 Å². The number of aliphatic hydroxyl groups is 1. The number of hydrogen-bond donors (Lipinski definition) is 4. The SMILES string of the molecule is NC(=O)NC(=O)NC(CO)Cc1ccccc1. The van der Waals surface area contributed by atoms with E-state index in [4.69, 9.17) is 10.8 Å². The van der Waals surface area contributed by atoms with E-state index in [-0.39, 0.29) is 6.61 Å². The molecule has 0 saturated carbocycles. The monoisotopic (exact) mass is 237 g/mol. The third-order valence-corrected chi connectivity index (χ3v) is 2.12. The van der Waals surface area contributed by atoms with E-state index in [1.807, 2.05) is 35.6 Å². The van der Waals surface area contributed by atoms with Crippen LogP contribution in [0.2, 0.25) is 0 Å². The number of rotatable bonds is 4. The zero-order valence-electron chi connectivity index (χ0n) is 9.22. The number of benzene rings is 1. The minimum absolute atomic E-state index is 0.221. The van der Waals surface area contributed by atoms with Gasteiger partial charge in [0, 0.05) is 0 Å². The van der Waals surface area contributed by atoms with Crippen LogP contribution in [0.5, 0.6) is 0 Å². The van der Waals surface area contributed by atoms with E-state index in [0.29, 0.717) is 6.42 Å². The van der Waals surface area contributed by atoms with Crippen molar-refractivity contribution >= 4 is 12.1 Å². The lowest BCUT2D eigenvalue weighted by Gasteiger charge is -2.15. The molecule has 1 unspecified atom stereocenters. The number of carbonyl (C=O) groups is 2. The van der Waals surface area contributed by atoms with Crippen molar-refractivity contribution < 1.29 is 14.7 Å². The molecule has 0 bridgehead atoms. The van der Waals surface area contributed by atoms with Crippen LogP contribution < -0.4 is 16.4 Å². The van der Waals surface area contributed by atoms with E-state index < -0.39 is 18.1 Å². The molecule has 4 amide bonds. The van der Waals surface area contributed by atoms with E-state index in [9.17, 15) is 9.59 Å². The van der Waals surface area contributed by atoms with E-state index in [0.717, 1.165) is 5.56 Å². The van der Waals surface area contributed by atoms with Crippen LogP contribution in [0.15, 0.2) is 30.3 Å². The number of urea groups is 2. The number of hydrogen-bond acceptors (Lipinski definition) is 3. The Morgan fingerprint density at radius 1 is 1.29 bits per heavy atom. The van der Waals surface area contributed by atoms with E-state index in [2.05, 4.69) is 5.32 Å². The topological polar surface area (TPSA) is 104 Å². The smallest absolute Gasteiger partial charge is 0.323 e. The van der Waals surface area contributed by atoms with Crippen molar-refractivity contribution in [1.29, 1.82) is 0 Å². The fraction of sp³-hybridized carbons (Fsp3) is 0.273. The lowest BCUT2D eigenvalue weighted by Crippen LogP contribution is -2.48. The van der Waals surface area contributed by atoms with Gasteiger partial charge in [0.2, 0.25) is 0 Å². The molecule has 0 aromatic heterocycles. The van der Waals surface area contributed by atoms with Gasteiger partial charge in [-0.1, -0.05) is 30.3 Å². The number of nitrogens with two attached hydrogens (primary N) is 1. The molecule has 1 aromatic carbocycles. The summed E-state index contributed by atoms with van der Waals surface area (Å²) in [5.74, 6) is 0. The average molecular weight is 237 g/mol. The molecular weight excluding hydrogens is 222 g/mol. The van der Waals surface area contributed by atoms with Crippen molar-refractivity contribution in [3.05, 3.63) is 35.9 Å².